The van der Waals surface area contributed by atoms with Gasteiger partial charge in [0.2, 0.25) is 17.8 Å². The number of anilines is 3. The first-order valence-electron chi connectivity index (χ1n) is 7.31. The van der Waals surface area contributed by atoms with Crippen molar-refractivity contribution >= 4 is 29.6 Å². The van der Waals surface area contributed by atoms with E-state index in [-0.39, 0.29) is 0 Å². The third kappa shape index (κ3) is 4.40. The maximum absolute atomic E-state index is 4.54. The second-order valence-corrected chi connectivity index (χ2v) is 5.81. The number of hydrogen-bond acceptors (Lipinski definition) is 7. The molecule has 1 saturated heterocycles. The van der Waals surface area contributed by atoms with Crippen molar-refractivity contribution in [2.75, 3.05) is 53.7 Å². The number of rotatable bonds is 8. The molecule has 20 heavy (non-hydrogen) atoms. The third-order valence-electron chi connectivity index (χ3n) is 3.13. The smallest absolute Gasteiger partial charge is 0.231 e. The minimum Gasteiger partial charge on any atom is -0.354 e. The number of nitrogens with zero attached hydrogens (tertiary/aromatic N) is 4. The van der Waals surface area contributed by atoms with Gasteiger partial charge in [-0.2, -0.15) is 26.7 Å². The second kappa shape index (κ2) is 8.14. The Morgan fingerprint density at radius 3 is 2.30 bits per heavy atom. The molecule has 0 bridgehead atoms. The predicted molar refractivity (Wildman–Crippen MR) is 86.9 cm³/mol. The number of hydrogen-bond donors (Lipinski definition) is 2. The zero-order valence-corrected chi connectivity index (χ0v) is 13.2. The monoisotopic (exact) mass is 296 g/mol. The van der Waals surface area contributed by atoms with E-state index in [4.69, 9.17) is 0 Å². The van der Waals surface area contributed by atoms with E-state index in [2.05, 4.69) is 43.7 Å². The van der Waals surface area contributed by atoms with Gasteiger partial charge < -0.3 is 15.5 Å². The van der Waals surface area contributed by atoms with Crippen molar-refractivity contribution in [1.29, 1.82) is 0 Å². The summed E-state index contributed by atoms with van der Waals surface area (Å²) in [5.74, 6) is 3.19. The Labute approximate surface area is 125 Å². The van der Waals surface area contributed by atoms with Crippen LogP contribution in [0.3, 0.4) is 0 Å². The maximum atomic E-state index is 4.54. The Morgan fingerprint density at radius 2 is 1.70 bits per heavy atom. The van der Waals surface area contributed by atoms with Gasteiger partial charge in [0.1, 0.15) is 0 Å². The van der Waals surface area contributed by atoms with Crippen LogP contribution in [-0.2, 0) is 0 Å². The van der Waals surface area contributed by atoms with E-state index in [1.54, 1.807) is 0 Å². The normalized spacial score (nSPS) is 14.6. The van der Waals surface area contributed by atoms with Crippen LogP contribution in [0.25, 0.3) is 0 Å². The Bertz CT molecular complexity index is 408. The quantitative estimate of drug-likeness (QED) is 0.712. The van der Waals surface area contributed by atoms with Crippen LogP contribution in [0.15, 0.2) is 0 Å². The zero-order chi connectivity index (χ0) is 14.2. The molecule has 0 aliphatic carbocycles. The van der Waals surface area contributed by atoms with Crippen molar-refractivity contribution < 1.29 is 0 Å². The molecule has 0 aromatic carbocycles. The van der Waals surface area contributed by atoms with Gasteiger partial charge in [-0.15, -0.1) is 0 Å². The molecule has 1 aromatic heterocycles. The molecule has 1 aromatic rings. The van der Waals surface area contributed by atoms with Crippen LogP contribution in [0, 0.1) is 0 Å². The van der Waals surface area contributed by atoms with Gasteiger partial charge >= 0.3 is 0 Å². The average Bonchev–Trinajstić information content (AvgIpc) is 2.99. The topological polar surface area (TPSA) is 66.0 Å². The summed E-state index contributed by atoms with van der Waals surface area (Å²) in [6, 6.07) is 0. The van der Waals surface area contributed by atoms with Gasteiger partial charge in [-0.1, -0.05) is 6.92 Å². The van der Waals surface area contributed by atoms with Crippen LogP contribution in [0.2, 0.25) is 0 Å². The fraction of sp³-hybridized carbons (Fsp3) is 0.769. The van der Waals surface area contributed by atoms with Crippen LogP contribution in [0.4, 0.5) is 17.8 Å². The lowest BCUT2D eigenvalue weighted by atomic mass is 10.4. The van der Waals surface area contributed by atoms with Crippen LogP contribution >= 0.6 is 11.8 Å². The van der Waals surface area contributed by atoms with Gasteiger partial charge in [0, 0.05) is 31.9 Å². The van der Waals surface area contributed by atoms with Crippen molar-refractivity contribution in [2.24, 2.45) is 0 Å². The fourth-order valence-corrected chi connectivity index (χ4v) is 2.39. The summed E-state index contributed by atoms with van der Waals surface area (Å²) in [7, 11) is 0. The maximum Gasteiger partial charge on any atom is 0.231 e. The SMILES string of the molecule is CCCNc1nc(NCCSC)nc(N2CCCC2)n1. The summed E-state index contributed by atoms with van der Waals surface area (Å²) in [5.41, 5.74) is 0. The minimum atomic E-state index is 0.676. The molecular weight excluding hydrogens is 272 g/mol. The molecule has 0 radical (unpaired) electrons. The standard InChI is InChI=1S/C13H24N6S/c1-3-6-14-11-16-12(15-7-10-20-2)18-13(17-11)19-8-4-5-9-19/h3-10H2,1-2H3,(H2,14,15,16,17,18). The molecule has 1 fully saturated rings. The lowest BCUT2D eigenvalue weighted by molar-refractivity contribution is 0.869. The second-order valence-electron chi connectivity index (χ2n) is 4.82. The van der Waals surface area contributed by atoms with Gasteiger partial charge in [-0.25, -0.2) is 0 Å². The molecule has 0 saturated carbocycles. The molecule has 1 aliphatic heterocycles. The van der Waals surface area contributed by atoms with Crippen molar-refractivity contribution in [2.45, 2.75) is 26.2 Å². The summed E-state index contributed by atoms with van der Waals surface area (Å²) in [4.78, 5) is 15.7. The van der Waals surface area contributed by atoms with Crippen LogP contribution in [-0.4, -0.2) is 53.1 Å². The molecule has 0 amide bonds. The van der Waals surface area contributed by atoms with Crippen molar-refractivity contribution in [3.8, 4) is 0 Å². The predicted octanol–water partition coefficient (Wildman–Crippen LogP) is 2.07. The van der Waals surface area contributed by atoms with Crippen molar-refractivity contribution in [3.05, 3.63) is 0 Å². The highest BCUT2D eigenvalue weighted by atomic mass is 32.2. The first kappa shape index (κ1) is 15.2. The van der Waals surface area contributed by atoms with Crippen LogP contribution in [0.5, 0.6) is 0 Å². The molecule has 7 heteroatoms. The van der Waals surface area contributed by atoms with E-state index in [0.29, 0.717) is 11.9 Å². The van der Waals surface area contributed by atoms with Crippen LogP contribution in [0.1, 0.15) is 26.2 Å². The third-order valence-corrected chi connectivity index (χ3v) is 3.75. The summed E-state index contributed by atoms with van der Waals surface area (Å²) in [5, 5.41) is 6.53. The largest absolute Gasteiger partial charge is 0.354 e. The highest BCUT2D eigenvalue weighted by Gasteiger charge is 2.17. The molecule has 2 N–H and O–H groups in total. The van der Waals surface area contributed by atoms with E-state index < -0.39 is 0 Å². The van der Waals surface area contributed by atoms with E-state index in [0.717, 1.165) is 44.3 Å². The molecule has 0 atom stereocenters. The van der Waals surface area contributed by atoms with Gasteiger partial charge in [-0.3, -0.25) is 0 Å². The summed E-state index contributed by atoms with van der Waals surface area (Å²) < 4.78 is 0. The van der Waals surface area contributed by atoms with E-state index in [9.17, 15) is 0 Å². The highest BCUT2D eigenvalue weighted by Crippen LogP contribution is 2.18. The molecule has 0 spiro atoms. The molecule has 2 heterocycles. The molecule has 112 valence electrons. The zero-order valence-electron chi connectivity index (χ0n) is 12.4. The number of nitrogens with one attached hydrogen (secondary N) is 2. The first-order chi connectivity index (χ1) is 9.83. The van der Waals surface area contributed by atoms with E-state index in [1.165, 1.54) is 12.8 Å². The molecule has 2 rings (SSSR count). The molecular formula is C13H24N6S. The fourth-order valence-electron chi connectivity index (χ4n) is 2.08. The van der Waals surface area contributed by atoms with E-state index in [1.807, 2.05) is 11.8 Å². The van der Waals surface area contributed by atoms with Crippen molar-refractivity contribution in [1.82, 2.24) is 15.0 Å². The van der Waals surface area contributed by atoms with Gasteiger partial charge in [0.25, 0.3) is 0 Å². The van der Waals surface area contributed by atoms with Gasteiger partial charge in [0.15, 0.2) is 0 Å². The van der Waals surface area contributed by atoms with Gasteiger partial charge in [-0.05, 0) is 25.5 Å². The van der Waals surface area contributed by atoms with Crippen LogP contribution < -0.4 is 15.5 Å². The van der Waals surface area contributed by atoms with E-state index >= 15 is 0 Å². The summed E-state index contributed by atoms with van der Waals surface area (Å²) >= 11 is 1.81. The van der Waals surface area contributed by atoms with Gasteiger partial charge in [0.05, 0.1) is 0 Å². The Hall–Kier alpha value is -1.24. The molecule has 6 nitrogen and oxygen atoms in total. The number of aromatic nitrogens is 3. The highest BCUT2D eigenvalue weighted by molar-refractivity contribution is 7.98. The summed E-state index contributed by atoms with van der Waals surface area (Å²) in [6.45, 7) is 5.97. The lowest BCUT2D eigenvalue weighted by Gasteiger charge is -2.17. The molecule has 0 unspecified atom stereocenters. The Balaban J connectivity index is 2.09. The first-order valence-corrected chi connectivity index (χ1v) is 8.70. The lowest BCUT2D eigenvalue weighted by Crippen LogP contribution is -2.22. The Kier molecular flexibility index (Phi) is 6.17. The van der Waals surface area contributed by atoms with Crippen molar-refractivity contribution in [3.63, 3.8) is 0 Å². The average molecular weight is 296 g/mol. The molecule has 1 aliphatic rings. The summed E-state index contributed by atoms with van der Waals surface area (Å²) in [6.07, 6.45) is 5.59. The Morgan fingerprint density at radius 1 is 1.05 bits per heavy atom. The number of thioether (sulfide) groups is 1. The minimum absolute atomic E-state index is 0.676.